The van der Waals surface area contributed by atoms with Gasteiger partial charge in [0, 0.05) is 22.6 Å². The van der Waals surface area contributed by atoms with E-state index in [0.29, 0.717) is 5.28 Å². The number of carbonyl (C=O) groups is 1. The maximum Gasteiger partial charge on any atom is 0.244 e. The number of carbonyl (C=O) groups excluding carboxylic acids is 1. The summed E-state index contributed by atoms with van der Waals surface area (Å²) >= 11 is 9.18. The third-order valence-corrected chi connectivity index (χ3v) is 3.25. The Labute approximate surface area is 118 Å². The predicted molar refractivity (Wildman–Crippen MR) is 74.7 cm³/mol. The van der Waals surface area contributed by atoms with E-state index >= 15 is 0 Å². The van der Waals surface area contributed by atoms with E-state index in [1.54, 1.807) is 17.0 Å². The summed E-state index contributed by atoms with van der Waals surface area (Å²) in [5.74, 6) is -0.139. The van der Waals surface area contributed by atoms with Crippen LogP contribution in [0.1, 0.15) is 5.56 Å². The minimum atomic E-state index is -0.139. The van der Waals surface area contributed by atoms with Crippen LogP contribution >= 0.6 is 27.5 Å². The van der Waals surface area contributed by atoms with Crippen LogP contribution in [0.3, 0.4) is 0 Å². The molecule has 0 radical (unpaired) electrons. The van der Waals surface area contributed by atoms with E-state index < -0.39 is 0 Å². The zero-order valence-corrected chi connectivity index (χ0v) is 12.0. The highest BCUT2D eigenvalue weighted by molar-refractivity contribution is 9.10. The van der Waals surface area contributed by atoms with Crippen molar-refractivity contribution in [3.63, 3.8) is 0 Å². The van der Waals surface area contributed by atoms with Crippen LogP contribution in [-0.2, 0) is 11.3 Å². The van der Waals surface area contributed by atoms with Gasteiger partial charge in [-0.25, -0.2) is 4.98 Å². The Bertz CT molecular complexity index is 582. The minimum absolute atomic E-state index is 0.139. The van der Waals surface area contributed by atoms with Gasteiger partial charge in [-0.2, -0.15) is 0 Å². The van der Waals surface area contributed by atoms with Gasteiger partial charge in [0.25, 0.3) is 0 Å². The second kappa shape index (κ2) is 5.54. The molecule has 0 aliphatic carbocycles. The summed E-state index contributed by atoms with van der Waals surface area (Å²) in [5, 5.41) is 3.14. The van der Waals surface area contributed by atoms with Crippen molar-refractivity contribution in [2.75, 3.05) is 5.32 Å². The number of nitrogens with one attached hydrogen (secondary N) is 1. The molecule has 2 rings (SSSR count). The van der Waals surface area contributed by atoms with E-state index in [1.165, 1.54) is 0 Å². The van der Waals surface area contributed by atoms with Gasteiger partial charge in [-0.15, -0.1) is 0 Å². The number of imidazole rings is 1. The number of nitrogens with zero attached hydrogens (tertiary/aromatic N) is 2. The quantitative estimate of drug-likeness (QED) is 0.940. The second-order valence-corrected chi connectivity index (χ2v) is 5.09. The normalized spacial score (nSPS) is 10.4. The highest BCUT2D eigenvalue weighted by Crippen LogP contribution is 2.20. The van der Waals surface area contributed by atoms with E-state index in [1.807, 2.05) is 25.1 Å². The maximum atomic E-state index is 11.8. The van der Waals surface area contributed by atoms with E-state index in [9.17, 15) is 4.79 Å². The van der Waals surface area contributed by atoms with Crippen molar-refractivity contribution in [2.45, 2.75) is 13.5 Å². The number of hydrogen-bond acceptors (Lipinski definition) is 2. The van der Waals surface area contributed by atoms with Gasteiger partial charge in [-0.05, 0) is 42.3 Å². The molecule has 0 saturated carbocycles. The predicted octanol–water partition coefficient (Wildman–Crippen LogP) is 3.25. The van der Waals surface area contributed by atoms with Gasteiger partial charge < -0.3 is 9.88 Å². The van der Waals surface area contributed by atoms with Gasteiger partial charge in [-0.3, -0.25) is 4.79 Å². The fourth-order valence-electron chi connectivity index (χ4n) is 1.54. The highest BCUT2D eigenvalue weighted by atomic mass is 79.9. The molecule has 0 aliphatic rings. The Morgan fingerprint density at radius 2 is 2.33 bits per heavy atom. The fourth-order valence-corrected chi connectivity index (χ4v) is 2.19. The summed E-state index contributed by atoms with van der Waals surface area (Å²) in [5.41, 5.74) is 1.79. The van der Waals surface area contributed by atoms with Crippen LogP contribution in [0.15, 0.2) is 35.1 Å². The molecule has 1 aromatic heterocycles. The lowest BCUT2D eigenvalue weighted by Crippen LogP contribution is -2.18. The topological polar surface area (TPSA) is 46.9 Å². The molecule has 2 aromatic rings. The second-order valence-electron chi connectivity index (χ2n) is 3.83. The molecular formula is C12H11BrClN3O. The van der Waals surface area contributed by atoms with Crippen LogP contribution in [0.4, 0.5) is 5.69 Å². The summed E-state index contributed by atoms with van der Waals surface area (Å²) < 4.78 is 2.56. The van der Waals surface area contributed by atoms with Gasteiger partial charge in [0.05, 0.1) is 0 Å². The Balaban J connectivity index is 2.05. The molecule has 0 fully saturated rings. The molecule has 18 heavy (non-hydrogen) atoms. The first-order valence-corrected chi connectivity index (χ1v) is 6.46. The number of benzene rings is 1. The van der Waals surface area contributed by atoms with Crippen LogP contribution in [0.25, 0.3) is 0 Å². The van der Waals surface area contributed by atoms with E-state index in [0.717, 1.165) is 15.7 Å². The molecular weight excluding hydrogens is 318 g/mol. The van der Waals surface area contributed by atoms with Crippen LogP contribution in [0.5, 0.6) is 0 Å². The summed E-state index contributed by atoms with van der Waals surface area (Å²) in [7, 11) is 0. The number of halogens is 2. The molecule has 4 nitrogen and oxygen atoms in total. The first kappa shape index (κ1) is 13.1. The summed E-state index contributed by atoms with van der Waals surface area (Å²) in [6.07, 6.45) is 3.22. The maximum absolute atomic E-state index is 11.8. The zero-order chi connectivity index (χ0) is 13.1. The first-order valence-electron chi connectivity index (χ1n) is 5.29. The van der Waals surface area contributed by atoms with Crippen LogP contribution in [0.2, 0.25) is 5.28 Å². The van der Waals surface area contributed by atoms with Crippen LogP contribution < -0.4 is 5.32 Å². The first-order chi connectivity index (χ1) is 8.56. The summed E-state index contributed by atoms with van der Waals surface area (Å²) in [4.78, 5) is 15.7. The monoisotopic (exact) mass is 327 g/mol. The van der Waals surface area contributed by atoms with Crippen molar-refractivity contribution in [1.29, 1.82) is 0 Å². The number of aromatic nitrogens is 2. The molecule has 0 atom stereocenters. The van der Waals surface area contributed by atoms with Gasteiger partial charge in [0.15, 0.2) is 0 Å². The molecule has 0 bridgehead atoms. The molecule has 0 unspecified atom stereocenters. The lowest BCUT2D eigenvalue weighted by Gasteiger charge is -2.09. The molecule has 94 valence electrons. The summed E-state index contributed by atoms with van der Waals surface area (Å²) in [6.45, 7) is 2.08. The Morgan fingerprint density at radius 3 is 2.94 bits per heavy atom. The van der Waals surface area contributed by atoms with Crippen LogP contribution in [-0.4, -0.2) is 15.5 Å². The van der Waals surface area contributed by atoms with Gasteiger partial charge >= 0.3 is 0 Å². The van der Waals surface area contributed by atoms with Crippen molar-refractivity contribution in [3.05, 3.63) is 45.9 Å². The third kappa shape index (κ3) is 3.11. The van der Waals surface area contributed by atoms with Crippen molar-refractivity contribution in [1.82, 2.24) is 9.55 Å². The molecule has 1 heterocycles. The summed E-state index contributed by atoms with van der Waals surface area (Å²) in [6, 6.07) is 5.68. The minimum Gasteiger partial charge on any atom is -0.324 e. The zero-order valence-electron chi connectivity index (χ0n) is 9.65. The van der Waals surface area contributed by atoms with Crippen LogP contribution in [0, 0.1) is 6.92 Å². The van der Waals surface area contributed by atoms with Crippen molar-refractivity contribution < 1.29 is 4.79 Å². The Morgan fingerprint density at radius 1 is 1.56 bits per heavy atom. The molecule has 0 aliphatic heterocycles. The average molecular weight is 329 g/mol. The molecule has 6 heteroatoms. The van der Waals surface area contributed by atoms with Gasteiger partial charge in [0.1, 0.15) is 6.54 Å². The third-order valence-electron chi connectivity index (χ3n) is 2.44. The molecule has 0 saturated heterocycles. The Kier molecular flexibility index (Phi) is 4.04. The van der Waals surface area contributed by atoms with E-state index in [4.69, 9.17) is 11.6 Å². The van der Waals surface area contributed by atoms with Crippen molar-refractivity contribution in [2.24, 2.45) is 0 Å². The number of anilines is 1. The SMILES string of the molecule is Cc1cc(Br)ccc1NC(=O)Cn1ccnc1Cl. The number of rotatable bonds is 3. The Hall–Kier alpha value is -1.33. The molecule has 1 amide bonds. The number of hydrogen-bond donors (Lipinski definition) is 1. The smallest absolute Gasteiger partial charge is 0.244 e. The fraction of sp³-hybridized carbons (Fsp3) is 0.167. The van der Waals surface area contributed by atoms with E-state index in [-0.39, 0.29) is 12.5 Å². The highest BCUT2D eigenvalue weighted by Gasteiger charge is 2.08. The van der Waals surface area contributed by atoms with Crippen molar-refractivity contribution in [3.8, 4) is 0 Å². The van der Waals surface area contributed by atoms with Gasteiger partial charge in [-0.1, -0.05) is 15.9 Å². The molecule has 1 N–H and O–H groups in total. The largest absolute Gasteiger partial charge is 0.324 e. The number of aryl methyl sites for hydroxylation is 1. The molecule has 0 spiro atoms. The standard InChI is InChI=1S/C12H11BrClN3O/c1-8-6-9(13)2-3-10(8)16-11(18)7-17-5-4-15-12(17)14/h2-6H,7H2,1H3,(H,16,18). The van der Waals surface area contributed by atoms with E-state index in [2.05, 4.69) is 26.2 Å². The lowest BCUT2D eigenvalue weighted by molar-refractivity contribution is -0.116. The van der Waals surface area contributed by atoms with Gasteiger partial charge in [0.2, 0.25) is 11.2 Å². The number of amides is 1. The molecule has 1 aromatic carbocycles. The average Bonchev–Trinajstić information content (AvgIpc) is 2.69. The lowest BCUT2D eigenvalue weighted by atomic mass is 10.2. The van der Waals surface area contributed by atoms with Crippen molar-refractivity contribution >= 4 is 39.1 Å².